The van der Waals surface area contributed by atoms with Crippen LogP contribution in [0.2, 0.25) is 0 Å². The van der Waals surface area contributed by atoms with Gasteiger partial charge in [0.2, 0.25) is 0 Å². The summed E-state index contributed by atoms with van der Waals surface area (Å²) in [5.41, 5.74) is 2.11. The van der Waals surface area contributed by atoms with Gasteiger partial charge in [-0.2, -0.15) is 0 Å². The molecule has 0 aliphatic heterocycles. The van der Waals surface area contributed by atoms with Crippen molar-refractivity contribution < 1.29 is 9.90 Å². The molecular weight excluding hydrogens is 230 g/mol. The van der Waals surface area contributed by atoms with Crippen molar-refractivity contribution in [3.05, 3.63) is 59.7 Å². The number of pyridine rings is 2. The van der Waals surface area contributed by atoms with E-state index in [4.69, 9.17) is 5.11 Å². The van der Waals surface area contributed by atoms with Gasteiger partial charge in [0.05, 0.1) is 11.3 Å². The van der Waals surface area contributed by atoms with Crippen molar-refractivity contribution in [2.75, 3.05) is 0 Å². The monoisotopic (exact) mass is 243 g/mol. The van der Waals surface area contributed by atoms with E-state index in [0.29, 0.717) is 13.1 Å². The van der Waals surface area contributed by atoms with E-state index in [2.05, 4.69) is 15.3 Å². The number of carbonyl (C=O) groups is 1. The summed E-state index contributed by atoms with van der Waals surface area (Å²) in [6, 6.07) is 7.13. The molecule has 0 fully saturated rings. The summed E-state index contributed by atoms with van der Waals surface area (Å²) in [5, 5.41) is 12.0. The van der Waals surface area contributed by atoms with Crippen LogP contribution in [0.4, 0.5) is 0 Å². The fourth-order valence-electron chi connectivity index (χ4n) is 1.49. The third-order valence-electron chi connectivity index (χ3n) is 2.43. The Balaban J connectivity index is 1.85. The zero-order valence-electron chi connectivity index (χ0n) is 9.71. The lowest BCUT2D eigenvalue weighted by atomic mass is 10.2. The molecule has 2 rings (SSSR count). The van der Waals surface area contributed by atoms with E-state index in [0.717, 1.165) is 11.3 Å². The van der Waals surface area contributed by atoms with Gasteiger partial charge in [-0.3, -0.25) is 9.97 Å². The lowest BCUT2D eigenvalue weighted by Crippen LogP contribution is -2.14. The third kappa shape index (κ3) is 3.36. The smallest absolute Gasteiger partial charge is 0.337 e. The quantitative estimate of drug-likeness (QED) is 0.831. The standard InChI is InChI=1S/C13H13N3O2/c17-13(18)11-3-4-12(16-8-11)9-15-7-10-2-1-5-14-6-10/h1-6,8,15H,7,9H2,(H,17,18). The molecule has 0 aliphatic rings. The highest BCUT2D eigenvalue weighted by Gasteiger charge is 2.02. The Hall–Kier alpha value is -2.27. The summed E-state index contributed by atoms with van der Waals surface area (Å²) in [6.45, 7) is 1.30. The predicted octanol–water partition coefficient (Wildman–Crippen LogP) is 1.46. The molecule has 0 saturated heterocycles. The van der Waals surface area contributed by atoms with E-state index in [1.807, 2.05) is 12.1 Å². The van der Waals surface area contributed by atoms with Crippen molar-refractivity contribution in [3.63, 3.8) is 0 Å². The van der Waals surface area contributed by atoms with E-state index in [1.165, 1.54) is 6.20 Å². The van der Waals surface area contributed by atoms with Crippen LogP contribution in [0.25, 0.3) is 0 Å². The van der Waals surface area contributed by atoms with Crippen molar-refractivity contribution in [1.82, 2.24) is 15.3 Å². The topological polar surface area (TPSA) is 75.1 Å². The lowest BCUT2D eigenvalue weighted by Gasteiger charge is -2.04. The van der Waals surface area contributed by atoms with Crippen LogP contribution < -0.4 is 5.32 Å². The second kappa shape index (κ2) is 5.88. The van der Waals surface area contributed by atoms with Crippen LogP contribution in [0.15, 0.2) is 42.9 Å². The van der Waals surface area contributed by atoms with Crippen molar-refractivity contribution in [2.24, 2.45) is 0 Å². The number of nitrogens with one attached hydrogen (secondary N) is 1. The van der Waals surface area contributed by atoms with Crippen LogP contribution in [0.5, 0.6) is 0 Å². The molecule has 18 heavy (non-hydrogen) atoms. The molecule has 0 atom stereocenters. The van der Waals surface area contributed by atoms with E-state index in [-0.39, 0.29) is 5.56 Å². The van der Waals surface area contributed by atoms with E-state index in [1.54, 1.807) is 24.5 Å². The largest absolute Gasteiger partial charge is 0.478 e. The van der Waals surface area contributed by atoms with Crippen LogP contribution in [-0.4, -0.2) is 21.0 Å². The molecule has 0 aliphatic carbocycles. The maximum atomic E-state index is 10.6. The molecule has 2 N–H and O–H groups in total. The van der Waals surface area contributed by atoms with Crippen molar-refractivity contribution in [3.8, 4) is 0 Å². The third-order valence-corrected chi connectivity index (χ3v) is 2.43. The molecule has 2 heterocycles. The Labute approximate surface area is 105 Å². The zero-order valence-corrected chi connectivity index (χ0v) is 9.71. The highest BCUT2D eigenvalue weighted by Crippen LogP contribution is 2.01. The normalized spacial score (nSPS) is 10.2. The van der Waals surface area contributed by atoms with Crippen LogP contribution in [0.1, 0.15) is 21.6 Å². The Kier molecular flexibility index (Phi) is 3.98. The molecule has 0 amide bonds. The first-order valence-corrected chi connectivity index (χ1v) is 5.53. The highest BCUT2D eigenvalue weighted by molar-refractivity contribution is 5.87. The minimum Gasteiger partial charge on any atom is -0.478 e. The Morgan fingerprint density at radius 3 is 2.72 bits per heavy atom. The van der Waals surface area contributed by atoms with Gasteiger partial charge in [-0.15, -0.1) is 0 Å². The van der Waals surface area contributed by atoms with Crippen LogP contribution in [0.3, 0.4) is 0 Å². The van der Waals surface area contributed by atoms with E-state index in [9.17, 15) is 4.79 Å². The minimum absolute atomic E-state index is 0.200. The molecule has 0 spiro atoms. The zero-order chi connectivity index (χ0) is 12.8. The van der Waals surface area contributed by atoms with Gasteiger partial charge in [0.1, 0.15) is 0 Å². The fraction of sp³-hybridized carbons (Fsp3) is 0.154. The molecule has 0 saturated carbocycles. The van der Waals surface area contributed by atoms with Crippen molar-refractivity contribution in [1.29, 1.82) is 0 Å². The summed E-state index contributed by atoms with van der Waals surface area (Å²) in [5.74, 6) is -0.961. The summed E-state index contributed by atoms with van der Waals surface area (Å²) >= 11 is 0. The molecule has 0 unspecified atom stereocenters. The summed E-state index contributed by atoms with van der Waals surface area (Å²) < 4.78 is 0. The van der Waals surface area contributed by atoms with E-state index < -0.39 is 5.97 Å². The molecule has 2 aromatic heterocycles. The molecule has 0 bridgehead atoms. The highest BCUT2D eigenvalue weighted by atomic mass is 16.4. The molecular formula is C13H13N3O2. The SMILES string of the molecule is O=C(O)c1ccc(CNCc2cccnc2)nc1. The van der Waals surface area contributed by atoms with Gasteiger partial charge in [0, 0.05) is 31.7 Å². The Morgan fingerprint density at radius 2 is 2.11 bits per heavy atom. The number of nitrogens with zero attached hydrogens (tertiary/aromatic N) is 2. The van der Waals surface area contributed by atoms with Gasteiger partial charge < -0.3 is 10.4 Å². The number of aromatic carboxylic acids is 1. The number of rotatable bonds is 5. The van der Waals surface area contributed by atoms with Crippen molar-refractivity contribution in [2.45, 2.75) is 13.1 Å². The first-order chi connectivity index (χ1) is 8.75. The van der Waals surface area contributed by atoms with Gasteiger partial charge in [-0.25, -0.2) is 4.79 Å². The molecule has 0 radical (unpaired) electrons. The van der Waals surface area contributed by atoms with Gasteiger partial charge in [0.25, 0.3) is 0 Å². The minimum atomic E-state index is -0.961. The maximum absolute atomic E-state index is 10.6. The number of hydrogen-bond donors (Lipinski definition) is 2. The van der Waals surface area contributed by atoms with Crippen molar-refractivity contribution >= 4 is 5.97 Å². The molecule has 2 aromatic rings. The van der Waals surface area contributed by atoms with Crippen LogP contribution >= 0.6 is 0 Å². The summed E-state index contributed by atoms with van der Waals surface area (Å²) in [4.78, 5) is 18.7. The van der Waals surface area contributed by atoms with Crippen LogP contribution in [0, 0.1) is 0 Å². The maximum Gasteiger partial charge on any atom is 0.337 e. The molecule has 5 heteroatoms. The fourth-order valence-corrected chi connectivity index (χ4v) is 1.49. The number of carboxylic acid groups (broad SMARTS) is 1. The summed E-state index contributed by atoms with van der Waals surface area (Å²) in [7, 11) is 0. The summed E-state index contributed by atoms with van der Waals surface area (Å²) in [6.07, 6.45) is 4.90. The average Bonchev–Trinajstić information content (AvgIpc) is 2.40. The number of hydrogen-bond acceptors (Lipinski definition) is 4. The van der Waals surface area contributed by atoms with Gasteiger partial charge in [-0.05, 0) is 23.8 Å². The Morgan fingerprint density at radius 1 is 1.22 bits per heavy atom. The number of aromatic nitrogens is 2. The molecule has 92 valence electrons. The molecule has 0 aromatic carbocycles. The Bertz CT molecular complexity index is 512. The lowest BCUT2D eigenvalue weighted by molar-refractivity contribution is 0.0696. The van der Waals surface area contributed by atoms with Gasteiger partial charge in [-0.1, -0.05) is 6.07 Å². The van der Waals surface area contributed by atoms with Gasteiger partial charge >= 0.3 is 5.97 Å². The number of carboxylic acids is 1. The second-order valence-corrected chi connectivity index (χ2v) is 3.81. The van der Waals surface area contributed by atoms with Gasteiger partial charge in [0.15, 0.2) is 0 Å². The second-order valence-electron chi connectivity index (χ2n) is 3.81. The van der Waals surface area contributed by atoms with E-state index >= 15 is 0 Å². The van der Waals surface area contributed by atoms with Crippen LogP contribution in [-0.2, 0) is 13.1 Å². The first kappa shape index (κ1) is 12.2. The first-order valence-electron chi connectivity index (χ1n) is 5.53. The average molecular weight is 243 g/mol. The predicted molar refractivity (Wildman–Crippen MR) is 66.0 cm³/mol. The molecule has 5 nitrogen and oxygen atoms in total.